The Morgan fingerprint density at radius 3 is 2.00 bits per heavy atom. The maximum absolute atomic E-state index is 12.4. The van der Waals surface area contributed by atoms with Gasteiger partial charge in [-0.2, -0.15) is 0 Å². The number of carbonyl (C=O) groups excluding carboxylic acids is 3. The zero-order valence-electron chi connectivity index (χ0n) is 16.4. The fourth-order valence-electron chi connectivity index (χ4n) is 3.78. The number of methoxy groups -OCH3 is 1. The molecule has 1 aliphatic rings. The van der Waals surface area contributed by atoms with E-state index in [0.717, 1.165) is 27.6 Å². The third kappa shape index (κ3) is 3.02. The van der Waals surface area contributed by atoms with Crippen LogP contribution in [0.1, 0.15) is 31.1 Å². The monoisotopic (exact) mass is 390 g/mol. The van der Waals surface area contributed by atoms with Gasteiger partial charge in [-0.25, -0.2) is 0 Å². The van der Waals surface area contributed by atoms with Gasteiger partial charge in [-0.05, 0) is 59.5 Å². The number of Topliss-reactive ketones (excluding diaryl/α,β-unsaturated/α-hetero) is 1. The van der Waals surface area contributed by atoms with Crippen molar-refractivity contribution in [2.75, 3.05) is 7.11 Å². The minimum absolute atomic E-state index is 0.219. The number of esters is 2. The predicted molar refractivity (Wildman–Crippen MR) is 108 cm³/mol. The summed E-state index contributed by atoms with van der Waals surface area (Å²) in [5, 5.41) is 1.46. The molecule has 0 aromatic heterocycles. The van der Waals surface area contributed by atoms with Gasteiger partial charge in [0.25, 0.3) is 0 Å². The maximum atomic E-state index is 12.4. The minimum atomic E-state index is -0.514. The summed E-state index contributed by atoms with van der Waals surface area (Å²) in [4.78, 5) is 35.5. The van der Waals surface area contributed by atoms with Crippen LogP contribution in [0.25, 0.3) is 33.0 Å². The highest BCUT2D eigenvalue weighted by atomic mass is 16.5. The number of fused-ring (bicyclic) bond motifs is 3. The Hall–Kier alpha value is -3.67. The van der Waals surface area contributed by atoms with Crippen LogP contribution >= 0.6 is 0 Å². The van der Waals surface area contributed by atoms with Crippen LogP contribution in [0.5, 0.6) is 17.2 Å². The van der Waals surface area contributed by atoms with Gasteiger partial charge in [-0.15, -0.1) is 0 Å². The van der Waals surface area contributed by atoms with E-state index in [1.807, 2.05) is 12.1 Å². The predicted octanol–water partition coefficient (Wildman–Crippen LogP) is 4.55. The van der Waals surface area contributed by atoms with Crippen molar-refractivity contribution < 1.29 is 28.6 Å². The molecule has 0 bridgehead atoms. The molecule has 0 amide bonds. The van der Waals surface area contributed by atoms with Crippen LogP contribution in [0.3, 0.4) is 0 Å². The molecular weight excluding hydrogens is 372 g/mol. The van der Waals surface area contributed by atoms with Gasteiger partial charge in [0.05, 0.1) is 12.7 Å². The van der Waals surface area contributed by atoms with Crippen molar-refractivity contribution in [3.05, 3.63) is 42.0 Å². The minimum Gasteiger partial charge on any atom is -0.497 e. The lowest BCUT2D eigenvalue weighted by Gasteiger charge is -2.14. The first-order valence-electron chi connectivity index (χ1n) is 9.01. The van der Waals surface area contributed by atoms with E-state index in [1.54, 1.807) is 31.4 Å². The summed E-state index contributed by atoms with van der Waals surface area (Å²) in [6.07, 6.45) is 0. The van der Waals surface area contributed by atoms with Gasteiger partial charge < -0.3 is 14.2 Å². The lowest BCUT2D eigenvalue weighted by Crippen LogP contribution is -2.07. The summed E-state index contributed by atoms with van der Waals surface area (Å²) in [7, 11) is 1.55. The first-order valence-corrected chi connectivity index (χ1v) is 9.01. The van der Waals surface area contributed by atoms with Crippen LogP contribution in [-0.4, -0.2) is 24.8 Å². The fraction of sp³-hybridized carbons (Fsp3) is 0.174. The number of ether oxygens (including phenoxy) is 3. The number of carbonyl (C=O) groups is 3. The van der Waals surface area contributed by atoms with Crippen molar-refractivity contribution in [2.45, 2.75) is 20.8 Å². The van der Waals surface area contributed by atoms with Crippen LogP contribution in [0.4, 0.5) is 0 Å². The molecule has 0 radical (unpaired) electrons. The highest BCUT2D eigenvalue weighted by molar-refractivity contribution is 6.20. The lowest BCUT2D eigenvalue weighted by molar-refractivity contribution is -0.132. The van der Waals surface area contributed by atoms with Gasteiger partial charge in [-0.3, -0.25) is 14.4 Å². The molecule has 3 aromatic carbocycles. The van der Waals surface area contributed by atoms with E-state index >= 15 is 0 Å². The number of ketones is 1. The summed E-state index contributed by atoms with van der Waals surface area (Å²) in [5.74, 6) is 0.0501. The Morgan fingerprint density at radius 1 is 0.724 bits per heavy atom. The second kappa shape index (κ2) is 6.74. The van der Waals surface area contributed by atoms with Crippen LogP contribution in [-0.2, 0) is 9.59 Å². The highest BCUT2D eigenvalue weighted by Crippen LogP contribution is 2.52. The normalized spacial score (nSPS) is 11.2. The average molecular weight is 390 g/mol. The molecule has 4 rings (SSSR count). The molecule has 3 aromatic rings. The first-order chi connectivity index (χ1) is 13.8. The Kier molecular flexibility index (Phi) is 4.34. The lowest BCUT2D eigenvalue weighted by atomic mass is 9.96. The smallest absolute Gasteiger partial charge is 0.308 e. The van der Waals surface area contributed by atoms with E-state index in [4.69, 9.17) is 14.2 Å². The second-order valence-corrected chi connectivity index (χ2v) is 6.85. The first kappa shape index (κ1) is 18.7. The zero-order chi connectivity index (χ0) is 20.9. The fourth-order valence-corrected chi connectivity index (χ4v) is 3.78. The van der Waals surface area contributed by atoms with Crippen molar-refractivity contribution >= 4 is 28.5 Å². The summed E-state index contributed by atoms with van der Waals surface area (Å²) >= 11 is 0. The molecule has 0 unspecified atom stereocenters. The van der Waals surface area contributed by atoms with Crippen LogP contribution in [0.2, 0.25) is 0 Å². The number of hydrogen-bond donors (Lipinski definition) is 0. The van der Waals surface area contributed by atoms with E-state index in [2.05, 4.69) is 0 Å². The zero-order valence-corrected chi connectivity index (χ0v) is 16.4. The molecule has 0 atom stereocenters. The van der Waals surface area contributed by atoms with Gasteiger partial charge in [0, 0.05) is 24.6 Å². The molecule has 6 heteroatoms. The third-order valence-corrected chi connectivity index (χ3v) is 4.85. The van der Waals surface area contributed by atoms with E-state index in [-0.39, 0.29) is 11.5 Å². The van der Waals surface area contributed by atoms with E-state index in [9.17, 15) is 14.4 Å². The molecular formula is C23H18O6. The van der Waals surface area contributed by atoms with Crippen molar-refractivity contribution in [2.24, 2.45) is 0 Å². The van der Waals surface area contributed by atoms with Gasteiger partial charge in [-0.1, -0.05) is 6.07 Å². The van der Waals surface area contributed by atoms with Crippen LogP contribution in [0, 0.1) is 0 Å². The van der Waals surface area contributed by atoms with E-state index in [1.165, 1.54) is 20.8 Å². The SMILES string of the molecule is COc1cc2c3c(cc(C(C)=O)c(OC(C)=O)c3c1)-c1cc(OC(C)=O)ccc1-2. The van der Waals surface area contributed by atoms with Crippen molar-refractivity contribution in [3.63, 3.8) is 0 Å². The second-order valence-electron chi connectivity index (χ2n) is 6.85. The maximum Gasteiger partial charge on any atom is 0.308 e. The molecule has 0 saturated heterocycles. The van der Waals surface area contributed by atoms with Gasteiger partial charge in [0.2, 0.25) is 0 Å². The Balaban J connectivity index is 2.10. The summed E-state index contributed by atoms with van der Waals surface area (Å²) < 4.78 is 16.1. The van der Waals surface area contributed by atoms with Crippen molar-refractivity contribution in [1.29, 1.82) is 0 Å². The Labute approximate surface area is 167 Å². The molecule has 0 heterocycles. The standard InChI is InChI=1S/C23H18O6/c1-11(24)17-10-20-18-7-14(28-12(2)25)5-6-16(18)19-8-15(27-4)9-21(22(19)20)23(17)29-13(3)26/h5-10H,1-4H3. The molecule has 0 fully saturated rings. The summed E-state index contributed by atoms with van der Waals surface area (Å²) in [6.45, 7) is 4.06. The highest BCUT2D eigenvalue weighted by Gasteiger charge is 2.28. The van der Waals surface area contributed by atoms with Gasteiger partial charge >= 0.3 is 11.9 Å². The molecule has 0 N–H and O–H groups in total. The Morgan fingerprint density at radius 2 is 1.38 bits per heavy atom. The van der Waals surface area contributed by atoms with Crippen LogP contribution < -0.4 is 14.2 Å². The van der Waals surface area contributed by atoms with E-state index in [0.29, 0.717) is 22.4 Å². The molecule has 0 spiro atoms. The molecule has 29 heavy (non-hydrogen) atoms. The summed E-state index contributed by atoms with van der Waals surface area (Å²) in [5.41, 5.74) is 3.74. The third-order valence-electron chi connectivity index (χ3n) is 4.85. The molecule has 146 valence electrons. The number of hydrogen-bond acceptors (Lipinski definition) is 6. The molecule has 1 aliphatic carbocycles. The topological polar surface area (TPSA) is 78.9 Å². The molecule has 0 saturated carbocycles. The number of rotatable bonds is 4. The van der Waals surface area contributed by atoms with Gasteiger partial charge in [0.1, 0.15) is 17.2 Å². The van der Waals surface area contributed by atoms with Crippen molar-refractivity contribution in [1.82, 2.24) is 0 Å². The Bertz CT molecular complexity index is 1220. The van der Waals surface area contributed by atoms with Crippen LogP contribution in [0.15, 0.2) is 36.4 Å². The largest absolute Gasteiger partial charge is 0.497 e. The van der Waals surface area contributed by atoms with Gasteiger partial charge in [0.15, 0.2) is 5.78 Å². The summed E-state index contributed by atoms with van der Waals surface area (Å²) in [6, 6.07) is 10.7. The number of benzene rings is 3. The van der Waals surface area contributed by atoms with Crippen molar-refractivity contribution in [3.8, 4) is 39.5 Å². The van der Waals surface area contributed by atoms with E-state index < -0.39 is 11.9 Å². The molecule has 0 aliphatic heterocycles. The quantitative estimate of drug-likeness (QED) is 0.289. The average Bonchev–Trinajstić information content (AvgIpc) is 2.96. The molecule has 6 nitrogen and oxygen atoms in total.